The molecule has 1 saturated heterocycles. The Morgan fingerprint density at radius 2 is 1.59 bits per heavy atom. The quantitative estimate of drug-likeness (QED) is 0.809. The molecule has 0 aliphatic carbocycles. The molecule has 6 nitrogen and oxygen atoms in total. The number of benzene rings is 1. The number of aliphatic hydroxyl groups is 1. The molecular weight excluding hydrogens is 288 g/mol. The molecular formula is C16H24O6. The molecule has 2 rings (SSSR count). The molecule has 5 atom stereocenters. The van der Waals surface area contributed by atoms with E-state index < -0.39 is 24.6 Å². The first kappa shape index (κ1) is 17.3. The fraction of sp³-hybridized carbons (Fsp3) is 0.625. The lowest BCUT2D eigenvalue weighted by atomic mass is 9.98. The van der Waals surface area contributed by atoms with Crippen LogP contribution < -0.4 is 0 Å². The average Bonchev–Trinajstić information content (AvgIpc) is 2.55. The predicted octanol–water partition coefficient (Wildman–Crippen LogP) is 0.965. The van der Waals surface area contributed by atoms with Crippen molar-refractivity contribution in [3.05, 3.63) is 35.9 Å². The zero-order chi connectivity index (χ0) is 15.9. The van der Waals surface area contributed by atoms with Gasteiger partial charge in [0.15, 0.2) is 6.29 Å². The highest BCUT2D eigenvalue weighted by Gasteiger charge is 2.46. The highest BCUT2D eigenvalue weighted by molar-refractivity contribution is 5.13. The molecule has 0 spiro atoms. The number of ether oxygens (including phenoxy) is 5. The molecule has 124 valence electrons. The summed E-state index contributed by atoms with van der Waals surface area (Å²) in [5.74, 6) is 0. The minimum atomic E-state index is -1.08. The van der Waals surface area contributed by atoms with E-state index in [4.69, 9.17) is 23.7 Å². The smallest absolute Gasteiger partial charge is 0.184 e. The van der Waals surface area contributed by atoms with E-state index in [0.717, 1.165) is 5.56 Å². The lowest BCUT2D eigenvalue weighted by molar-refractivity contribution is -0.301. The van der Waals surface area contributed by atoms with Crippen LogP contribution in [0.2, 0.25) is 0 Å². The van der Waals surface area contributed by atoms with Crippen molar-refractivity contribution < 1.29 is 28.8 Å². The molecule has 0 amide bonds. The van der Waals surface area contributed by atoms with Crippen molar-refractivity contribution >= 4 is 0 Å². The Hall–Kier alpha value is -1.02. The number of hydrogen-bond donors (Lipinski definition) is 1. The lowest BCUT2D eigenvalue weighted by Gasteiger charge is -2.42. The van der Waals surface area contributed by atoms with E-state index in [-0.39, 0.29) is 6.10 Å². The summed E-state index contributed by atoms with van der Waals surface area (Å²) in [5, 5.41) is 10.0. The zero-order valence-corrected chi connectivity index (χ0v) is 13.2. The van der Waals surface area contributed by atoms with Gasteiger partial charge in [-0.05, 0) is 5.56 Å². The number of methoxy groups -OCH3 is 3. The van der Waals surface area contributed by atoms with Crippen molar-refractivity contribution in [2.24, 2.45) is 0 Å². The van der Waals surface area contributed by atoms with Gasteiger partial charge in [-0.15, -0.1) is 0 Å². The highest BCUT2D eigenvalue weighted by atomic mass is 16.7. The Morgan fingerprint density at radius 1 is 0.955 bits per heavy atom. The minimum absolute atomic E-state index is 0.292. The number of aliphatic hydroxyl groups excluding tert-OH is 1. The normalized spacial score (nSPS) is 32.1. The Bertz CT molecular complexity index is 426. The van der Waals surface area contributed by atoms with Crippen molar-refractivity contribution in [2.75, 3.05) is 27.9 Å². The van der Waals surface area contributed by atoms with Crippen molar-refractivity contribution in [2.45, 2.75) is 37.3 Å². The van der Waals surface area contributed by atoms with Crippen LogP contribution in [-0.2, 0) is 30.3 Å². The van der Waals surface area contributed by atoms with Crippen LogP contribution in [0.25, 0.3) is 0 Å². The third kappa shape index (κ3) is 4.04. The minimum Gasteiger partial charge on any atom is -0.376 e. The lowest BCUT2D eigenvalue weighted by Crippen LogP contribution is -2.60. The monoisotopic (exact) mass is 312 g/mol. The van der Waals surface area contributed by atoms with E-state index >= 15 is 0 Å². The summed E-state index contributed by atoms with van der Waals surface area (Å²) in [6, 6.07) is 9.86. The third-order valence-corrected chi connectivity index (χ3v) is 3.82. The van der Waals surface area contributed by atoms with E-state index in [0.29, 0.717) is 13.2 Å². The van der Waals surface area contributed by atoms with Crippen LogP contribution in [0.3, 0.4) is 0 Å². The van der Waals surface area contributed by atoms with Gasteiger partial charge in [0, 0.05) is 21.3 Å². The first-order valence-electron chi connectivity index (χ1n) is 7.24. The third-order valence-electron chi connectivity index (χ3n) is 3.82. The maximum atomic E-state index is 10.0. The zero-order valence-electron chi connectivity index (χ0n) is 13.2. The summed E-state index contributed by atoms with van der Waals surface area (Å²) >= 11 is 0. The van der Waals surface area contributed by atoms with Crippen LogP contribution in [0.4, 0.5) is 0 Å². The highest BCUT2D eigenvalue weighted by Crippen LogP contribution is 2.26. The molecule has 1 aromatic carbocycles. The number of rotatable bonds is 7. The van der Waals surface area contributed by atoms with Crippen LogP contribution in [0.5, 0.6) is 0 Å². The molecule has 1 N–H and O–H groups in total. The predicted molar refractivity (Wildman–Crippen MR) is 79.4 cm³/mol. The summed E-state index contributed by atoms with van der Waals surface area (Å²) in [5.41, 5.74) is 1.07. The second kappa shape index (κ2) is 8.57. The van der Waals surface area contributed by atoms with Gasteiger partial charge in [-0.3, -0.25) is 0 Å². The van der Waals surface area contributed by atoms with E-state index in [1.807, 2.05) is 30.3 Å². The summed E-state index contributed by atoms with van der Waals surface area (Å²) in [6.07, 6.45) is -2.91. The van der Waals surface area contributed by atoms with Gasteiger partial charge in [-0.2, -0.15) is 0 Å². The molecule has 0 bridgehead atoms. The van der Waals surface area contributed by atoms with E-state index in [9.17, 15) is 5.11 Å². The molecule has 1 fully saturated rings. The van der Waals surface area contributed by atoms with Crippen LogP contribution in [0, 0.1) is 0 Å². The molecule has 1 aromatic rings. The Labute approximate surface area is 130 Å². The SMILES string of the molecule is CO[C@@H]1[C@@H](OC)[C@H](O)O[C@H](COCc2ccccc2)[C@H]1OC. The van der Waals surface area contributed by atoms with Crippen LogP contribution >= 0.6 is 0 Å². The molecule has 1 aliphatic heterocycles. The van der Waals surface area contributed by atoms with Crippen LogP contribution in [0.1, 0.15) is 5.56 Å². The van der Waals surface area contributed by atoms with Crippen LogP contribution in [-0.4, -0.2) is 63.7 Å². The maximum Gasteiger partial charge on any atom is 0.184 e. The van der Waals surface area contributed by atoms with Gasteiger partial charge in [0.2, 0.25) is 0 Å². The van der Waals surface area contributed by atoms with Crippen LogP contribution in [0.15, 0.2) is 30.3 Å². The largest absolute Gasteiger partial charge is 0.376 e. The molecule has 0 aromatic heterocycles. The molecule has 1 aliphatic rings. The molecule has 0 radical (unpaired) electrons. The first-order chi connectivity index (χ1) is 10.7. The Kier molecular flexibility index (Phi) is 6.75. The molecule has 1 heterocycles. The van der Waals surface area contributed by atoms with E-state index in [2.05, 4.69) is 0 Å². The van der Waals surface area contributed by atoms with Gasteiger partial charge < -0.3 is 28.8 Å². The summed E-state index contributed by atoms with van der Waals surface area (Å²) in [6.45, 7) is 0.763. The van der Waals surface area contributed by atoms with Gasteiger partial charge in [0.1, 0.15) is 24.4 Å². The Morgan fingerprint density at radius 3 is 2.18 bits per heavy atom. The molecule has 6 heteroatoms. The van der Waals surface area contributed by atoms with E-state index in [1.165, 1.54) is 7.11 Å². The number of hydrogen-bond acceptors (Lipinski definition) is 6. The van der Waals surface area contributed by atoms with Crippen molar-refractivity contribution in [3.63, 3.8) is 0 Å². The van der Waals surface area contributed by atoms with E-state index in [1.54, 1.807) is 14.2 Å². The topological polar surface area (TPSA) is 66.4 Å². The van der Waals surface area contributed by atoms with Gasteiger partial charge in [-0.25, -0.2) is 0 Å². The summed E-state index contributed by atoms with van der Waals surface area (Å²) in [4.78, 5) is 0. The molecule has 0 saturated carbocycles. The average molecular weight is 312 g/mol. The second-order valence-corrected chi connectivity index (χ2v) is 5.17. The second-order valence-electron chi connectivity index (χ2n) is 5.17. The van der Waals surface area contributed by atoms with Gasteiger partial charge in [0.05, 0.1) is 13.2 Å². The summed E-state index contributed by atoms with van der Waals surface area (Å²) in [7, 11) is 4.64. The first-order valence-corrected chi connectivity index (χ1v) is 7.24. The molecule has 22 heavy (non-hydrogen) atoms. The van der Waals surface area contributed by atoms with Gasteiger partial charge in [-0.1, -0.05) is 30.3 Å². The fourth-order valence-electron chi connectivity index (χ4n) is 2.70. The maximum absolute atomic E-state index is 10.0. The standard InChI is InChI=1S/C16H24O6/c1-18-13-12(10-21-9-11-7-5-4-6-8-11)22-16(17)15(20-3)14(13)19-2/h4-8,12-17H,9-10H2,1-3H3/t12-,13-,14+,15-,16-/m1/s1. The van der Waals surface area contributed by atoms with Crippen molar-refractivity contribution in [3.8, 4) is 0 Å². The molecule has 0 unspecified atom stereocenters. The summed E-state index contributed by atoms with van der Waals surface area (Å²) < 4.78 is 27.4. The Balaban J connectivity index is 1.94. The van der Waals surface area contributed by atoms with Gasteiger partial charge >= 0.3 is 0 Å². The van der Waals surface area contributed by atoms with Crippen molar-refractivity contribution in [1.82, 2.24) is 0 Å². The van der Waals surface area contributed by atoms with Crippen molar-refractivity contribution in [1.29, 1.82) is 0 Å². The fourth-order valence-corrected chi connectivity index (χ4v) is 2.70. The van der Waals surface area contributed by atoms with Gasteiger partial charge in [0.25, 0.3) is 0 Å².